The lowest BCUT2D eigenvalue weighted by molar-refractivity contribution is 0.102. The summed E-state index contributed by atoms with van der Waals surface area (Å²) in [5, 5.41) is 5.88. The molecule has 1 amide bonds. The normalized spacial score (nSPS) is 13.2. The molecule has 0 fully saturated rings. The number of hydrogen-bond donors (Lipinski definition) is 2. The number of carbonyl (C=O) groups is 1. The molecule has 0 aliphatic carbocycles. The summed E-state index contributed by atoms with van der Waals surface area (Å²) in [4.78, 5) is 13.3. The molecule has 22 heavy (non-hydrogen) atoms. The van der Waals surface area contributed by atoms with Crippen LogP contribution in [0.5, 0.6) is 0 Å². The molecule has 1 aromatic heterocycles. The Labute approximate surface area is 146 Å². The van der Waals surface area contributed by atoms with Crippen molar-refractivity contribution in [2.45, 2.75) is 19.9 Å². The molecule has 3 nitrogen and oxygen atoms in total. The van der Waals surface area contributed by atoms with Crippen LogP contribution >= 0.6 is 39.7 Å². The van der Waals surface area contributed by atoms with Gasteiger partial charge in [0.1, 0.15) is 5.82 Å². The van der Waals surface area contributed by atoms with Gasteiger partial charge in [0.25, 0.3) is 5.91 Å². The number of thiophene rings is 1. The summed E-state index contributed by atoms with van der Waals surface area (Å²) < 4.78 is 15.2. The first-order chi connectivity index (χ1) is 10.1. The summed E-state index contributed by atoms with van der Waals surface area (Å²) in [5.41, 5.74) is 2.45. The fourth-order valence-electron chi connectivity index (χ4n) is 2.46. The number of nitrogens with one attached hydrogen (secondary N) is 2. The molecule has 1 aliphatic heterocycles. The Bertz CT molecular complexity index is 720. The number of carbonyl (C=O) groups excluding carboxylic acids is 1. The molecule has 0 radical (unpaired) electrons. The van der Waals surface area contributed by atoms with Crippen LogP contribution in [0.25, 0.3) is 0 Å². The second-order valence-electron chi connectivity index (χ2n) is 4.99. The van der Waals surface area contributed by atoms with E-state index in [0.29, 0.717) is 24.1 Å². The molecule has 2 heterocycles. The summed E-state index contributed by atoms with van der Waals surface area (Å²) in [6.45, 7) is 3.37. The van der Waals surface area contributed by atoms with Crippen LogP contribution in [0.1, 0.15) is 26.4 Å². The van der Waals surface area contributed by atoms with Gasteiger partial charge in [0.15, 0.2) is 0 Å². The number of hydrogen-bond acceptors (Lipinski definition) is 3. The minimum atomic E-state index is -0.314. The number of aryl methyl sites for hydroxylation is 1. The maximum atomic E-state index is 14.5. The highest BCUT2D eigenvalue weighted by atomic mass is 79.9. The molecule has 0 saturated heterocycles. The van der Waals surface area contributed by atoms with Crippen molar-refractivity contribution in [2.24, 2.45) is 0 Å². The zero-order chi connectivity index (χ0) is 15.0. The number of rotatable bonds is 2. The third-order valence-electron chi connectivity index (χ3n) is 3.51. The van der Waals surface area contributed by atoms with E-state index in [0.717, 1.165) is 20.8 Å². The van der Waals surface area contributed by atoms with Crippen molar-refractivity contribution in [3.63, 3.8) is 0 Å². The van der Waals surface area contributed by atoms with Crippen LogP contribution in [0.4, 0.5) is 10.1 Å². The SMILES string of the molecule is Cc1cc(C(=O)Nc2ccc3c(c2F)CCNC3)c(Br)s1.Cl. The summed E-state index contributed by atoms with van der Waals surface area (Å²) in [6.07, 6.45) is 0.645. The van der Waals surface area contributed by atoms with Crippen molar-refractivity contribution >= 4 is 51.3 Å². The fourth-order valence-corrected chi connectivity index (χ4v) is 4.24. The average molecular weight is 406 g/mol. The highest BCUT2D eigenvalue weighted by Crippen LogP contribution is 2.29. The van der Waals surface area contributed by atoms with Gasteiger partial charge in [-0.1, -0.05) is 6.07 Å². The second-order valence-corrected chi connectivity index (χ2v) is 7.56. The number of amides is 1. The minimum absolute atomic E-state index is 0. The van der Waals surface area contributed by atoms with E-state index in [-0.39, 0.29) is 29.8 Å². The van der Waals surface area contributed by atoms with Crippen LogP contribution in [-0.2, 0) is 13.0 Å². The number of halogens is 3. The van der Waals surface area contributed by atoms with Crippen LogP contribution in [0.3, 0.4) is 0 Å². The monoisotopic (exact) mass is 404 g/mol. The second kappa shape index (κ2) is 7.08. The van der Waals surface area contributed by atoms with Gasteiger partial charge < -0.3 is 10.6 Å². The highest BCUT2D eigenvalue weighted by Gasteiger charge is 2.19. The number of benzene rings is 1. The first kappa shape index (κ1) is 17.4. The molecule has 0 atom stereocenters. The molecule has 0 bridgehead atoms. The molecular weight excluding hydrogens is 391 g/mol. The van der Waals surface area contributed by atoms with Crippen molar-refractivity contribution < 1.29 is 9.18 Å². The molecule has 118 valence electrons. The maximum Gasteiger partial charge on any atom is 0.257 e. The Morgan fingerprint density at radius 2 is 2.23 bits per heavy atom. The van der Waals surface area contributed by atoms with Gasteiger partial charge in [-0.3, -0.25) is 4.79 Å². The van der Waals surface area contributed by atoms with Crippen molar-refractivity contribution in [3.05, 3.63) is 49.4 Å². The quantitative estimate of drug-likeness (QED) is 0.783. The zero-order valence-corrected chi connectivity index (χ0v) is 15.1. The van der Waals surface area contributed by atoms with Gasteiger partial charge >= 0.3 is 0 Å². The molecule has 1 aromatic carbocycles. The van der Waals surface area contributed by atoms with Crippen LogP contribution in [0, 0.1) is 12.7 Å². The van der Waals surface area contributed by atoms with E-state index in [9.17, 15) is 9.18 Å². The van der Waals surface area contributed by atoms with E-state index in [2.05, 4.69) is 26.6 Å². The van der Waals surface area contributed by atoms with Crippen molar-refractivity contribution in [2.75, 3.05) is 11.9 Å². The van der Waals surface area contributed by atoms with Crippen LogP contribution in [-0.4, -0.2) is 12.5 Å². The zero-order valence-electron chi connectivity index (χ0n) is 11.8. The lowest BCUT2D eigenvalue weighted by Crippen LogP contribution is -2.25. The Morgan fingerprint density at radius 3 is 2.91 bits per heavy atom. The Morgan fingerprint density at radius 1 is 1.45 bits per heavy atom. The molecule has 2 aromatic rings. The molecule has 0 spiro atoms. The van der Waals surface area contributed by atoms with Gasteiger partial charge in [0.05, 0.1) is 15.0 Å². The van der Waals surface area contributed by atoms with Gasteiger partial charge in [0, 0.05) is 11.4 Å². The van der Waals surface area contributed by atoms with Gasteiger partial charge in [0.2, 0.25) is 0 Å². The number of anilines is 1. The van der Waals surface area contributed by atoms with Gasteiger partial charge in [-0.2, -0.15) is 0 Å². The van der Waals surface area contributed by atoms with E-state index >= 15 is 0 Å². The Balaban J connectivity index is 0.00000176. The van der Waals surface area contributed by atoms with E-state index in [1.165, 1.54) is 11.3 Å². The van der Waals surface area contributed by atoms with E-state index < -0.39 is 0 Å². The summed E-state index contributed by atoms with van der Waals surface area (Å²) >= 11 is 4.85. The van der Waals surface area contributed by atoms with Crippen LogP contribution in [0.2, 0.25) is 0 Å². The lowest BCUT2D eigenvalue weighted by atomic mass is 9.99. The average Bonchev–Trinajstić information content (AvgIpc) is 2.81. The molecule has 1 aliphatic rings. The first-order valence-corrected chi connectivity index (χ1v) is 8.25. The number of fused-ring (bicyclic) bond motifs is 1. The molecule has 0 unspecified atom stereocenters. The van der Waals surface area contributed by atoms with Crippen LogP contribution in [0.15, 0.2) is 22.0 Å². The van der Waals surface area contributed by atoms with Crippen molar-refractivity contribution in [1.29, 1.82) is 0 Å². The van der Waals surface area contributed by atoms with E-state index in [4.69, 9.17) is 0 Å². The Hall–Kier alpha value is -0.950. The summed E-state index contributed by atoms with van der Waals surface area (Å²) in [7, 11) is 0. The largest absolute Gasteiger partial charge is 0.319 e. The maximum absolute atomic E-state index is 14.5. The third-order valence-corrected chi connectivity index (χ3v) is 5.26. The van der Waals surface area contributed by atoms with E-state index in [1.807, 2.05) is 13.0 Å². The smallest absolute Gasteiger partial charge is 0.257 e. The van der Waals surface area contributed by atoms with Gasteiger partial charge in [-0.05, 0) is 59.1 Å². The van der Waals surface area contributed by atoms with Crippen molar-refractivity contribution in [3.8, 4) is 0 Å². The highest BCUT2D eigenvalue weighted by molar-refractivity contribution is 9.11. The Kier molecular flexibility index (Phi) is 5.60. The first-order valence-electron chi connectivity index (χ1n) is 6.64. The van der Waals surface area contributed by atoms with Crippen molar-refractivity contribution in [1.82, 2.24) is 5.32 Å². The standard InChI is InChI=1S/C15H14BrFN2OS.ClH/c1-8-6-11(14(16)21-8)15(20)19-12-3-2-9-7-18-5-4-10(9)13(12)17;/h2-3,6,18H,4-5,7H2,1H3,(H,19,20);1H. The predicted octanol–water partition coefficient (Wildman–Crippen LogP) is 4.28. The van der Waals surface area contributed by atoms with Crippen LogP contribution < -0.4 is 10.6 Å². The molecule has 0 saturated carbocycles. The predicted molar refractivity (Wildman–Crippen MR) is 93.8 cm³/mol. The van der Waals surface area contributed by atoms with E-state index in [1.54, 1.807) is 12.1 Å². The fraction of sp³-hybridized carbons (Fsp3) is 0.267. The molecule has 7 heteroatoms. The third kappa shape index (κ3) is 3.35. The summed E-state index contributed by atoms with van der Waals surface area (Å²) in [5.74, 6) is -0.607. The minimum Gasteiger partial charge on any atom is -0.319 e. The molecular formula is C15H15BrClFN2OS. The topological polar surface area (TPSA) is 41.1 Å². The van der Waals surface area contributed by atoms with Gasteiger partial charge in [-0.15, -0.1) is 23.7 Å². The lowest BCUT2D eigenvalue weighted by Gasteiger charge is -2.19. The summed E-state index contributed by atoms with van der Waals surface area (Å²) in [6, 6.07) is 5.30. The molecule has 2 N–H and O–H groups in total. The molecule has 3 rings (SSSR count). The van der Waals surface area contributed by atoms with Gasteiger partial charge in [-0.25, -0.2) is 4.39 Å².